The summed E-state index contributed by atoms with van der Waals surface area (Å²) in [7, 11) is 0. The highest BCUT2D eigenvalue weighted by molar-refractivity contribution is 5.85. The fourth-order valence-electron chi connectivity index (χ4n) is 2.78. The van der Waals surface area contributed by atoms with E-state index in [9.17, 15) is 4.79 Å². The summed E-state index contributed by atoms with van der Waals surface area (Å²) < 4.78 is 1.69. The maximum absolute atomic E-state index is 11.0. The molecule has 2 saturated heterocycles. The van der Waals surface area contributed by atoms with Crippen molar-refractivity contribution in [3.63, 3.8) is 0 Å². The maximum Gasteiger partial charge on any atom is 0.354 e. The van der Waals surface area contributed by atoms with Crippen molar-refractivity contribution in [1.82, 2.24) is 14.7 Å². The van der Waals surface area contributed by atoms with Crippen LogP contribution in [0.1, 0.15) is 23.0 Å². The summed E-state index contributed by atoms with van der Waals surface area (Å²) in [6, 6.07) is 1.84. The van der Waals surface area contributed by atoms with Crippen LogP contribution >= 0.6 is 0 Å². The van der Waals surface area contributed by atoms with E-state index in [0.717, 1.165) is 19.6 Å². The second kappa shape index (κ2) is 3.06. The molecule has 3 rings (SSSR count). The summed E-state index contributed by atoms with van der Waals surface area (Å²) in [6.45, 7) is 3.21. The molecule has 3 atom stereocenters. The summed E-state index contributed by atoms with van der Waals surface area (Å²) in [6.07, 6.45) is 2.74. The second-order valence-electron chi connectivity index (χ2n) is 4.34. The van der Waals surface area contributed by atoms with E-state index in [1.807, 2.05) is 0 Å². The predicted molar refractivity (Wildman–Crippen MR) is 52.8 cm³/mol. The molecule has 1 N–H and O–H groups in total. The van der Waals surface area contributed by atoms with Crippen LogP contribution in [0.5, 0.6) is 0 Å². The third kappa shape index (κ3) is 1.26. The zero-order valence-corrected chi connectivity index (χ0v) is 8.33. The minimum Gasteiger partial charge on any atom is -0.477 e. The highest BCUT2D eigenvalue weighted by Gasteiger charge is 2.40. The molecule has 80 valence electrons. The van der Waals surface area contributed by atoms with E-state index < -0.39 is 5.97 Å². The first kappa shape index (κ1) is 8.91. The van der Waals surface area contributed by atoms with Crippen LogP contribution in [-0.4, -0.2) is 45.4 Å². The molecule has 2 unspecified atom stereocenters. The topological polar surface area (TPSA) is 58.4 Å². The first-order chi connectivity index (χ1) is 7.25. The Bertz CT molecular complexity index is 401. The number of aromatic nitrogens is 2. The van der Waals surface area contributed by atoms with E-state index in [1.165, 1.54) is 6.42 Å². The molecule has 5 heteroatoms. The molecule has 3 heterocycles. The zero-order chi connectivity index (χ0) is 10.4. The SMILES string of the molecule is O=C(O)c1ccnn1C1CN2CC[C@H]1C2. The molecule has 2 aliphatic heterocycles. The van der Waals surface area contributed by atoms with E-state index >= 15 is 0 Å². The summed E-state index contributed by atoms with van der Waals surface area (Å²) in [5, 5.41) is 13.2. The summed E-state index contributed by atoms with van der Waals surface area (Å²) in [5.41, 5.74) is 0.314. The highest BCUT2D eigenvalue weighted by Crippen LogP contribution is 2.36. The lowest BCUT2D eigenvalue weighted by Gasteiger charge is -2.23. The molecule has 1 aromatic rings. The van der Waals surface area contributed by atoms with Crippen molar-refractivity contribution in [1.29, 1.82) is 0 Å². The van der Waals surface area contributed by atoms with Gasteiger partial charge in [0.15, 0.2) is 0 Å². The third-order valence-corrected chi connectivity index (χ3v) is 3.50. The molecule has 0 aromatic carbocycles. The van der Waals surface area contributed by atoms with Crippen LogP contribution in [0.4, 0.5) is 0 Å². The lowest BCUT2D eigenvalue weighted by molar-refractivity contribution is 0.0677. The Morgan fingerprint density at radius 2 is 2.40 bits per heavy atom. The van der Waals surface area contributed by atoms with Gasteiger partial charge >= 0.3 is 5.97 Å². The van der Waals surface area contributed by atoms with Crippen molar-refractivity contribution < 1.29 is 9.90 Å². The normalized spacial score (nSPS) is 33.5. The zero-order valence-electron chi connectivity index (χ0n) is 8.33. The summed E-state index contributed by atoms with van der Waals surface area (Å²) in [4.78, 5) is 13.3. The van der Waals surface area contributed by atoms with Crippen molar-refractivity contribution in [2.24, 2.45) is 5.92 Å². The molecule has 0 saturated carbocycles. The van der Waals surface area contributed by atoms with Crippen LogP contribution in [0.2, 0.25) is 0 Å². The number of aromatic carboxylic acids is 1. The Labute approximate surface area is 87.3 Å². The largest absolute Gasteiger partial charge is 0.477 e. The molecule has 2 fully saturated rings. The molecule has 2 bridgehead atoms. The number of carboxylic acids is 1. The predicted octanol–water partition coefficient (Wildman–Crippen LogP) is 0.458. The van der Waals surface area contributed by atoms with Gasteiger partial charge in [0.25, 0.3) is 0 Å². The molecule has 5 nitrogen and oxygen atoms in total. The average molecular weight is 207 g/mol. The van der Waals surface area contributed by atoms with Gasteiger partial charge in [-0.1, -0.05) is 0 Å². The molecule has 0 aliphatic carbocycles. The van der Waals surface area contributed by atoms with Crippen LogP contribution in [0.25, 0.3) is 0 Å². The number of hydrogen-bond acceptors (Lipinski definition) is 3. The van der Waals surface area contributed by atoms with Gasteiger partial charge in [0.05, 0.1) is 6.04 Å². The second-order valence-corrected chi connectivity index (χ2v) is 4.34. The van der Waals surface area contributed by atoms with Gasteiger partial charge in [-0.25, -0.2) is 4.79 Å². The third-order valence-electron chi connectivity index (χ3n) is 3.50. The van der Waals surface area contributed by atoms with E-state index in [2.05, 4.69) is 10.00 Å². The van der Waals surface area contributed by atoms with Gasteiger partial charge < -0.3 is 10.0 Å². The van der Waals surface area contributed by atoms with Gasteiger partial charge in [-0.2, -0.15) is 5.10 Å². The van der Waals surface area contributed by atoms with Gasteiger partial charge in [-0.15, -0.1) is 0 Å². The monoisotopic (exact) mass is 207 g/mol. The summed E-state index contributed by atoms with van der Waals surface area (Å²) >= 11 is 0. The van der Waals surface area contributed by atoms with Gasteiger partial charge in [0.2, 0.25) is 0 Å². The van der Waals surface area contributed by atoms with Gasteiger partial charge in [0.1, 0.15) is 5.69 Å². The lowest BCUT2D eigenvalue weighted by Crippen LogP contribution is -2.28. The first-order valence-electron chi connectivity index (χ1n) is 5.25. The van der Waals surface area contributed by atoms with Gasteiger partial charge in [0, 0.05) is 19.3 Å². The van der Waals surface area contributed by atoms with E-state index in [4.69, 9.17) is 5.11 Å². The average Bonchev–Trinajstić information content (AvgIpc) is 2.92. The molecule has 0 amide bonds. The smallest absolute Gasteiger partial charge is 0.354 e. The molecular formula is C10H13N3O2. The van der Waals surface area contributed by atoms with E-state index in [-0.39, 0.29) is 6.04 Å². The van der Waals surface area contributed by atoms with Crippen LogP contribution in [0.3, 0.4) is 0 Å². The fourth-order valence-corrected chi connectivity index (χ4v) is 2.78. The van der Waals surface area contributed by atoms with Crippen LogP contribution in [-0.2, 0) is 0 Å². The lowest BCUT2D eigenvalue weighted by atomic mass is 10.00. The standard InChI is InChI=1S/C10H13N3O2/c14-10(15)8-1-3-11-13(8)9-6-12-4-2-7(9)5-12/h1,3,7,9H,2,4-6H2,(H,14,15)/t7-,9?/m0/s1. The number of hydrogen-bond donors (Lipinski definition) is 1. The van der Waals surface area contributed by atoms with Crippen LogP contribution in [0, 0.1) is 5.92 Å². The first-order valence-corrected chi connectivity index (χ1v) is 5.25. The van der Waals surface area contributed by atoms with Crippen molar-refractivity contribution >= 4 is 5.97 Å². The number of carboxylic acid groups (broad SMARTS) is 1. The number of carbonyl (C=O) groups is 1. The minimum atomic E-state index is -0.884. The van der Waals surface area contributed by atoms with Crippen LogP contribution in [0.15, 0.2) is 12.3 Å². The Morgan fingerprint density at radius 3 is 3.00 bits per heavy atom. The minimum absolute atomic E-state index is 0.264. The number of nitrogens with zero attached hydrogens (tertiary/aromatic N) is 3. The summed E-state index contributed by atoms with van der Waals surface area (Å²) in [5.74, 6) is -0.298. The maximum atomic E-state index is 11.0. The van der Waals surface area contributed by atoms with Gasteiger partial charge in [-0.3, -0.25) is 4.68 Å². The Morgan fingerprint density at radius 1 is 1.53 bits per heavy atom. The van der Waals surface area contributed by atoms with Crippen molar-refractivity contribution in [3.05, 3.63) is 18.0 Å². The number of piperidine rings is 1. The van der Waals surface area contributed by atoms with Gasteiger partial charge in [-0.05, 0) is 24.9 Å². The van der Waals surface area contributed by atoms with Crippen LogP contribution < -0.4 is 0 Å². The number of fused-ring (bicyclic) bond motifs is 2. The Kier molecular flexibility index (Phi) is 1.82. The Hall–Kier alpha value is -1.36. The fraction of sp³-hybridized carbons (Fsp3) is 0.600. The molecule has 0 spiro atoms. The Balaban J connectivity index is 1.93. The molecular weight excluding hydrogens is 194 g/mol. The van der Waals surface area contributed by atoms with E-state index in [0.29, 0.717) is 11.6 Å². The van der Waals surface area contributed by atoms with Crippen molar-refractivity contribution in [3.8, 4) is 0 Å². The molecule has 15 heavy (non-hydrogen) atoms. The quantitative estimate of drug-likeness (QED) is 0.765. The molecule has 2 aliphatic rings. The molecule has 0 radical (unpaired) electrons. The molecule has 1 aromatic heterocycles. The van der Waals surface area contributed by atoms with E-state index in [1.54, 1.807) is 16.9 Å². The van der Waals surface area contributed by atoms with Crippen molar-refractivity contribution in [2.45, 2.75) is 12.5 Å². The van der Waals surface area contributed by atoms with Crippen molar-refractivity contribution in [2.75, 3.05) is 19.6 Å². The highest BCUT2D eigenvalue weighted by atomic mass is 16.4. The number of rotatable bonds is 2.